The Hall–Kier alpha value is -3.32. The summed E-state index contributed by atoms with van der Waals surface area (Å²) in [5.41, 5.74) is 2.69. The molecular formula is C22H22N2O4S. The Morgan fingerprint density at radius 3 is 2.38 bits per heavy atom. The Bertz CT molecular complexity index is 1080. The molecule has 0 aliphatic heterocycles. The molecule has 0 amide bonds. The minimum absolute atomic E-state index is 0.155. The predicted molar refractivity (Wildman–Crippen MR) is 113 cm³/mol. The van der Waals surface area contributed by atoms with Gasteiger partial charge < -0.3 is 9.47 Å². The zero-order valence-corrected chi connectivity index (χ0v) is 17.0. The lowest BCUT2D eigenvalue weighted by Crippen LogP contribution is -2.18. The van der Waals surface area contributed by atoms with E-state index in [9.17, 15) is 8.42 Å². The highest BCUT2D eigenvalue weighted by Crippen LogP contribution is 2.28. The summed E-state index contributed by atoms with van der Waals surface area (Å²) in [5, 5.41) is 3.85. The van der Waals surface area contributed by atoms with Gasteiger partial charge in [-0.3, -0.25) is 0 Å². The topological polar surface area (TPSA) is 77.0 Å². The van der Waals surface area contributed by atoms with E-state index in [4.69, 9.17) is 9.47 Å². The zero-order valence-electron chi connectivity index (χ0n) is 16.2. The van der Waals surface area contributed by atoms with Gasteiger partial charge in [0, 0.05) is 0 Å². The van der Waals surface area contributed by atoms with E-state index >= 15 is 0 Å². The fourth-order valence-electron chi connectivity index (χ4n) is 2.56. The number of aryl methyl sites for hydroxylation is 1. The monoisotopic (exact) mass is 410 g/mol. The summed E-state index contributed by atoms with van der Waals surface area (Å²) in [6.45, 7) is 2.31. The molecule has 0 aromatic heterocycles. The maximum Gasteiger partial charge on any atom is 0.276 e. The molecule has 3 aromatic rings. The van der Waals surface area contributed by atoms with Crippen molar-refractivity contribution in [3.63, 3.8) is 0 Å². The van der Waals surface area contributed by atoms with Gasteiger partial charge in [0.15, 0.2) is 11.5 Å². The van der Waals surface area contributed by atoms with E-state index in [0.29, 0.717) is 23.7 Å². The van der Waals surface area contributed by atoms with Crippen molar-refractivity contribution in [1.82, 2.24) is 4.83 Å². The predicted octanol–water partition coefficient (Wildman–Crippen LogP) is 3.90. The Morgan fingerprint density at radius 2 is 1.69 bits per heavy atom. The number of sulfonamides is 1. The molecule has 3 aromatic carbocycles. The van der Waals surface area contributed by atoms with Crippen molar-refractivity contribution in [2.24, 2.45) is 5.10 Å². The smallest absolute Gasteiger partial charge is 0.276 e. The van der Waals surface area contributed by atoms with Crippen LogP contribution >= 0.6 is 0 Å². The molecule has 0 saturated heterocycles. The van der Waals surface area contributed by atoms with Gasteiger partial charge in [-0.2, -0.15) is 13.5 Å². The third-order valence-electron chi connectivity index (χ3n) is 4.14. The molecule has 0 aliphatic rings. The molecule has 0 heterocycles. The highest BCUT2D eigenvalue weighted by Gasteiger charge is 2.12. The van der Waals surface area contributed by atoms with Crippen molar-refractivity contribution in [3.8, 4) is 11.5 Å². The molecule has 7 heteroatoms. The standard InChI is InChI=1S/C22H22N2O4S/c1-17-8-11-20(12-9-17)29(25,26)24-23-15-19-10-13-21(22(14-19)27-2)28-16-18-6-4-3-5-7-18/h3-15,24H,16H2,1-2H3/b23-15-. The van der Waals surface area contributed by atoms with Gasteiger partial charge in [0.05, 0.1) is 18.2 Å². The Morgan fingerprint density at radius 1 is 0.966 bits per heavy atom. The van der Waals surface area contributed by atoms with Gasteiger partial charge in [0.1, 0.15) is 6.61 Å². The molecule has 0 aliphatic carbocycles. The number of nitrogens with zero attached hydrogens (tertiary/aromatic N) is 1. The van der Waals surface area contributed by atoms with Crippen LogP contribution in [0.1, 0.15) is 16.7 Å². The van der Waals surface area contributed by atoms with Gasteiger partial charge in [-0.1, -0.05) is 48.0 Å². The van der Waals surface area contributed by atoms with Crippen LogP contribution in [0.25, 0.3) is 0 Å². The lowest BCUT2D eigenvalue weighted by molar-refractivity contribution is 0.284. The van der Waals surface area contributed by atoms with Gasteiger partial charge >= 0.3 is 0 Å². The van der Waals surface area contributed by atoms with Crippen LogP contribution in [0.15, 0.2) is 82.8 Å². The number of hydrazone groups is 1. The van der Waals surface area contributed by atoms with E-state index in [1.165, 1.54) is 18.3 Å². The molecule has 3 rings (SSSR count). The molecule has 0 radical (unpaired) electrons. The number of hydrogen-bond acceptors (Lipinski definition) is 5. The van der Waals surface area contributed by atoms with Crippen LogP contribution in [-0.2, 0) is 16.6 Å². The van der Waals surface area contributed by atoms with Crippen molar-refractivity contribution in [2.45, 2.75) is 18.4 Å². The zero-order chi connectivity index (χ0) is 20.7. The summed E-state index contributed by atoms with van der Waals surface area (Å²) in [4.78, 5) is 2.37. The van der Waals surface area contributed by atoms with Crippen LogP contribution in [-0.4, -0.2) is 21.7 Å². The Balaban J connectivity index is 1.67. The van der Waals surface area contributed by atoms with E-state index in [0.717, 1.165) is 11.1 Å². The first-order valence-electron chi connectivity index (χ1n) is 8.94. The van der Waals surface area contributed by atoms with Crippen molar-refractivity contribution >= 4 is 16.2 Å². The van der Waals surface area contributed by atoms with Crippen LogP contribution in [0.3, 0.4) is 0 Å². The summed E-state index contributed by atoms with van der Waals surface area (Å²) in [6, 6.07) is 21.6. The lowest BCUT2D eigenvalue weighted by atomic mass is 10.2. The molecule has 0 saturated carbocycles. The fraction of sp³-hybridized carbons (Fsp3) is 0.136. The summed E-state index contributed by atoms with van der Waals surface area (Å²) in [7, 11) is -2.17. The highest BCUT2D eigenvalue weighted by atomic mass is 32.2. The molecule has 6 nitrogen and oxygen atoms in total. The first-order valence-corrected chi connectivity index (χ1v) is 10.4. The van der Waals surface area contributed by atoms with E-state index in [1.807, 2.05) is 37.3 Å². The van der Waals surface area contributed by atoms with Gasteiger partial charge in [0.25, 0.3) is 10.0 Å². The Labute approximate surface area is 170 Å². The molecule has 0 fully saturated rings. The van der Waals surface area contributed by atoms with Crippen molar-refractivity contribution in [2.75, 3.05) is 7.11 Å². The summed E-state index contributed by atoms with van der Waals surface area (Å²) >= 11 is 0. The maximum atomic E-state index is 12.3. The average Bonchev–Trinajstić information content (AvgIpc) is 2.73. The van der Waals surface area contributed by atoms with Gasteiger partial charge in [0.2, 0.25) is 0 Å². The molecule has 0 atom stereocenters. The van der Waals surface area contributed by atoms with Crippen LogP contribution in [0.5, 0.6) is 11.5 Å². The first kappa shape index (κ1) is 20.4. The van der Waals surface area contributed by atoms with Crippen molar-refractivity contribution in [1.29, 1.82) is 0 Å². The van der Waals surface area contributed by atoms with Gasteiger partial charge in [-0.25, -0.2) is 4.83 Å². The average molecular weight is 410 g/mol. The fourth-order valence-corrected chi connectivity index (χ4v) is 3.35. The quantitative estimate of drug-likeness (QED) is 0.451. The summed E-state index contributed by atoms with van der Waals surface area (Å²) in [6.07, 6.45) is 1.41. The number of ether oxygens (including phenoxy) is 2. The molecule has 1 N–H and O–H groups in total. The third kappa shape index (κ3) is 5.58. The summed E-state index contributed by atoms with van der Waals surface area (Å²) < 4.78 is 35.7. The number of nitrogens with one attached hydrogen (secondary N) is 1. The highest BCUT2D eigenvalue weighted by molar-refractivity contribution is 7.89. The normalized spacial score (nSPS) is 11.4. The number of benzene rings is 3. The second-order valence-corrected chi connectivity index (χ2v) is 8.01. The molecule has 29 heavy (non-hydrogen) atoms. The van der Waals surface area contributed by atoms with Gasteiger partial charge in [-0.05, 0) is 48.4 Å². The second-order valence-electron chi connectivity index (χ2n) is 6.35. The van der Waals surface area contributed by atoms with E-state index < -0.39 is 10.0 Å². The second kappa shape index (κ2) is 9.25. The van der Waals surface area contributed by atoms with Crippen LogP contribution in [0.4, 0.5) is 0 Å². The summed E-state index contributed by atoms with van der Waals surface area (Å²) in [5.74, 6) is 1.13. The van der Waals surface area contributed by atoms with Crippen LogP contribution < -0.4 is 14.3 Å². The van der Waals surface area contributed by atoms with Gasteiger partial charge in [-0.15, -0.1) is 0 Å². The van der Waals surface area contributed by atoms with E-state index in [-0.39, 0.29) is 4.90 Å². The van der Waals surface area contributed by atoms with Crippen molar-refractivity contribution in [3.05, 3.63) is 89.5 Å². The number of rotatable bonds is 8. The van der Waals surface area contributed by atoms with Crippen LogP contribution in [0.2, 0.25) is 0 Å². The third-order valence-corrected chi connectivity index (χ3v) is 5.38. The first-order chi connectivity index (χ1) is 14.0. The molecule has 150 valence electrons. The van der Waals surface area contributed by atoms with Crippen molar-refractivity contribution < 1.29 is 17.9 Å². The largest absolute Gasteiger partial charge is 0.493 e. The van der Waals surface area contributed by atoms with E-state index in [1.54, 1.807) is 37.4 Å². The Kier molecular flexibility index (Phi) is 6.51. The van der Waals surface area contributed by atoms with Crippen LogP contribution in [0, 0.1) is 6.92 Å². The molecule has 0 spiro atoms. The minimum atomic E-state index is -3.71. The SMILES string of the molecule is COc1cc(/C=N\NS(=O)(=O)c2ccc(C)cc2)ccc1OCc1ccccc1. The molecular weight excluding hydrogens is 388 g/mol. The van der Waals surface area contributed by atoms with E-state index in [2.05, 4.69) is 9.93 Å². The lowest BCUT2D eigenvalue weighted by Gasteiger charge is -2.11. The number of methoxy groups -OCH3 is 1. The molecule has 0 unspecified atom stereocenters. The minimum Gasteiger partial charge on any atom is -0.493 e. The maximum absolute atomic E-state index is 12.3. The molecule has 0 bridgehead atoms. The number of hydrogen-bond donors (Lipinski definition) is 1.